The van der Waals surface area contributed by atoms with Crippen LogP contribution in [0.5, 0.6) is 0 Å². The first-order chi connectivity index (χ1) is 9.01. The van der Waals surface area contributed by atoms with E-state index in [1.807, 2.05) is 0 Å². The fourth-order valence-electron chi connectivity index (χ4n) is 2.48. The molecule has 0 N–H and O–H groups in total. The van der Waals surface area contributed by atoms with Gasteiger partial charge in [0, 0.05) is 0 Å². The van der Waals surface area contributed by atoms with Gasteiger partial charge in [-0.3, -0.25) is 0 Å². The Labute approximate surface area is 121 Å². The summed E-state index contributed by atoms with van der Waals surface area (Å²) in [5, 5.41) is 0. The monoisotopic (exact) mass is 280 g/mol. The van der Waals surface area contributed by atoms with E-state index in [9.17, 15) is 0 Å². The minimum Gasteiger partial charge on any atom is -0.362 e. The highest BCUT2D eigenvalue weighted by Crippen LogP contribution is 2.21. The van der Waals surface area contributed by atoms with Crippen LogP contribution < -0.4 is 0 Å². The largest absolute Gasteiger partial charge is 0.362 e. The van der Waals surface area contributed by atoms with Gasteiger partial charge in [-0.2, -0.15) is 0 Å². The molecule has 0 amide bonds. The summed E-state index contributed by atoms with van der Waals surface area (Å²) in [7, 11) is -1.26. The molecule has 0 aromatic carbocycles. The van der Waals surface area contributed by atoms with Gasteiger partial charge in [-0.25, -0.2) is 0 Å². The number of hydrogen-bond acceptors (Lipinski definition) is 1. The van der Waals surface area contributed by atoms with Gasteiger partial charge in [-0.1, -0.05) is 64.6 Å². The molecule has 110 valence electrons. The zero-order valence-electron chi connectivity index (χ0n) is 13.4. The molecule has 1 fully saturated rings. The quantitative estimate of drug-likeness (QED) is 0.392. The van der Waals surface area contributed by atoms with E-state index < -0.39 is 8.07 Å². The zero-order valence-corrected chi connectivity index (χ0v) is 14.4. The van der Waals surface area contributed by atoms with Crippen LogP contribution in [-0.4, -0.2) is 20.3 Å². The maximum absolute atomic E-state index is 6.28. The lowest BCUT2D eigenvalue weighted by Gasteiger charge is -2.25. The van der Waals surface area contributed by atoms with Crippen molar-refractivity contribution in [3.05, 3.63) is 0 Å². The third-order valence-corrected chi connectivity index (χ3v) is 4.48. The average Bonchev–Trinajstić information content (AvgIpc) is 2.29. The minimum absolute atomic E-state index is 0.207. The van der Waals surface area contributed by atoms with Crippen LogP contribution in [0.3, 0.4) is 0 Å². The van der Waals surface area contributed by atoms with E-state index >= 15 is 0 Å². The first kappa shape index (κ1) is 16.8. The van der Waals surface area contributed by atoms with E-state index in [0.29, 0.717) is 6.10 Å². The van der Waals surface area contributed by atoms with E-state index in [4.69, 9.17) is 4.74 Å². The number of ether oxygens (including phenoxy) is 1. The van der Waals surface area contributed by atoms with Crippen LogP contribution in [0.4, 0.5) is 0 Å². The maximum Gasteiger partial charge on any atom is 0.129 e. The lowest BCUT2D eigenvalue weighted by molar-refractivity contribution is -0.00579. The van der Waals surface area contributed by atoms with Crippen molar-refractivity contribution in [1.29, 1.82) is 0 Å². The van der Waals surface area contributed by atoms with Crippen LogP contribution in [0, 0.1) is 11.5 Å². The van der Waals surface area contributed by atoms with Gasteiger partial charge < -0.3 is 4.74 Å². The molecule has 1 aliphatic rings. The van der Waals surface area contributed by atoms with Crippen molar-refractivity contribution in [1.82, 2.24) is 0 Å². The van der Waals surface area contributed by atoms with Crippen molar-refractivity contribution in [2.75, 3.05) is 0 Å². The Hall–Kier alpha value is -0.263. The molecule has 2 heteroatoms. The Morgan fingerprint density at radius 1 is 1.05 bits per heavy atom. The Morgan fingerprint density at radius 2 is 1.79 bits per heavy atom. The van der Waals surface area contributed by atoms with Gasteiger partial charge in [-0.05, 0) is 25.7 Å². The van der Waals surface area contributed by atoms with Crippen molar-refractivity contribution in [3.8, 4) is 11.5 Å². The van der Waals surface area contributed by atoms with Crippen LogP contribution in [0.1, 0.15) is 64.7 Å². The predicted octanol–water partition coefficient (Wildman–Crippen LogP) is 5.17. The normalized spacial score (nSPS) is 25.1. The lowest BCUT2D eigenvalue weighted by atomic mass is 10.0. The first-order valence-electron chi connectivity index (χ1n) is 8.19. The number of unbranched alkanes of at least 4 members (excludes halogenated alkanes) is 2. The van der Waals surface area contributed by atoms with E-state index in [2.05, 4.69) is 38.0 Å². The molecule has 1 saturated heterocycles. The molecule has 1 nitrogen and oxygen atoms in total. The summed E-state index contributed by atoms with van der Waals surface area (Å²) in [6.07, 6.45) is 12.2. The molecule has 0 spiro atoms. The number of rotatable bonds is 4. The molecular formula is C17H32OSi. The maximum atomic E-state index is 6.28. The Kier molecular flexibility index (Phi) is 7.79. The highest BCUT2D eigenvalue weighted by atomic mass is 28.3. The van der Waals surface area contributed by atoms with Crippen LogP contribution in [0.15, 0.2) is 0 Å². The highest BCUT2D eigenvalue weighted by molar-refractivity contribution is 6.83. The molecule has 1 rings (SSSR count). The van der Waals surface area contributed by atoms with Crippen molar-refractivity contribution in [2.24, 2.45) is 0 Å². The SMILES string of the molecule is CCCCC[C@H]1CCCCC[C@H](C#C[Si](C)(C)C)O1. The molecular weight excluding hydrogens is 248 g/mol. The van der Waals surface area contributed by atoms with E-state index in [0.717, 1.165) is 6.42 Å². The lowest BCUT2D eigenvalue weighted by Crippen LogP contribution is -2.25. The van der Waals surface area contributed by atoms with Gasteiger partial charge in [0.15, 0.2) is 0 Å². The molecule has 0 aromatic rings. The molecule has 0 aliphatic carbocycles. The van der Waals surface area contributed by atoms with E-state index in [-0.39, 0.29) is 6.10 Å². The first-order valence-corrected chi connectivity index (χ1v) is 11.7. The third kappa shape index (κ3) is 8.50. The average molecular weight is 281 g/mol. The summed E-state index contributed by atoms with van der Waals surface area (Å²) in [6, 6.07) is 0. The van der Waals surface area contributed by atoms with E-state index in [1.165, 1.54) is 51.4 Å². The smallest absolute Gasteiger partial charge is 0.129 e. The zero-order chi connectivity index (χ0) is 14.1. The summed E-state index contributed by atoms with van der Waals surface area (Å²) in [5.41, 5.74) is 3.49. The fourth-order valence-corrected chi connectivity index (χ4v) is 3.08. The molecule has 1 aliphatic heterocycles. The van der Waals surface area contributed by atoms with Gasteiger partial charge in [-0.15, -0.1) is 5.54 Å². The van der Waals surface area contributed by atoms with Crippen LogP contribution in [0.2, 0.25) is 19.6 Å². The second-order valence-electron chi connectivity index (χ2n) is 6.90. The molecule has 0 radical (unpaired) electrons. The van der Waals surface area contributed by atoms with Gasteiger partial charge in [0.05, 0.1) is 6.10 Å². The fraction of sp³-hybridized carbons (Fsp3) is 0.882. The predicted molar refractivity (Wildman–Crippen MR) is 87.0 cm³/mol. The molecule has 0 saturated carbocycles. The van der Waals surface area contributed by atoms with Gasteiger partial charge in [0.2, 0.25) is 0 Å². The van der Waals surface area contributed by atoms with Crippen molar-refractivity contribution < 1.29 is 4.74 Å². The molecule has 19 heavy (non-hydrogen) atoms. The topological polar surface area (TPSA) is 9.23 Å². The summed E-state index contributed by atoms with van der Waals surface area (Å²) >= 11 is 0. The van der Waals surface area contributed by atoms with Crippen LogP contribution in [0.25, 0.3) is 0 Å². The summed E-state index contributed by atoms with van der Waals surface area (Å²) in [5.74, 6) is 3.44. The third-order valence-electron chi connectivity index (χ3n) is 3.59. The Bertz CT molecular complexity index is 295. The standard InChI is InChI=1S/C17H32OSi/c1-5-6-8-11-16-12-9-7-10-13-17(18-16)14-15-19(2,3)4/h16-17H,5-13H2,1-4H3/t16-,17+/m0/s1. The molecule has 0 aromatic heterocycles. The summed E-state index contributed by atoms with van der Waals surface area (Å²) in [6.45, 7) is 9.19. The van der Waals surface area contributed by atoms with Crippen molar-refractivity contribution >= 4 is 8.07 Å². The Balaban J connectivity index is 2.50. The van der Waals surface area contributed by atoms with Crippen molar-refractivity contribution in [3.63, 3.8) is 0 Å². The summed E-state index contributed by atoms with van der Waals surface area (Å²) < 4.78 is 6.28. The molecule has 0 unspecified atom stereocenters. The van der Waals surface area contributed by atoms with Crippen LogP contribution >= 0.6 is 0 Å². The molecule has 2 atom stereocenters. The molecule has 0 bridgehead atoms. The second kappa shape index (κ2) is 8.82. The van der Waals surface area contributed by atoms with Crippen molar-refractivity contribution in [2.45, 2.75) is 96.6 Å². The number of hydrogen-bond donors (Lipinski definition) is 0. The van der Waals surface area contributed by atoms with Gasteiger partial charge in [0.25, 0.3) is 0 Å². The highest BCUT2D eigenvalue weighted by Gasteiger charge is 2.18. The second-order valence-corrected chi connectivity index (χ2v) is 11.6. The Morgan fingerprint density at radius 3 is 2.47 bits per heavy atom. The van der Waals surface area contributed by atoms with Gasteiger partial charge in [0.1, 0.15) is 14.2 Å². The molecule has 1 heterocycles. The minimum atomic E-state index is -1.26. The summed E-state index contributed by atoms with van der Waals surface area (Å²) in [4.78, 5) is 0. The van der Waals surface area contributed by atoms with Gasteiger partial charge >= 0.3 is 0 Å². The van der Waals surface area contributed by atoms with Crippen LogP contribution in [-0.2, 0) is 4.74 Å². The van der Waals surface area contributed by atoms with E-state index in [1.54, 1.807) is 0 Å².